The second-order valence-electron chi connectivity index (χ2n) is 3.79. The van der Waals surface area contributed by atoms with E-state index in [2.05, 4.69) is 0 Å². The lowest BCUT2D eigenvalue weighted by molar-refractivity contribution is -0.162. The summed E-state index contributed by atoms with van der Waals surface area (Å²) in [6.07, 6.45) is 0.0150. The van der Waals surface area contributed by atoms with Gasteiger partial charge in [0.2, 0.25) is 6.10 Å². The van der Waals surface area contributed by atoms with Gasteiger partial charge < -0.3 is 19.2 Å². The van der Waals surface area contributed by atoms with Crippen molar-refractivity contribution in [3.63, 3.8) is 0 Å². The molecule has 1 aliphatic heterocycles. The van der Waals surface area contributed by atoms with Gasteiger partial charge in [-0.05, 0) is 24.3 Å². The van der Waals surface area contributed by atoms with Crippen LogP contribution in [0.1, 0.15) is 0 Å². The molecule has 0 aliphatic carbocycles. The minimum atomic E-state index is -0.703. The minimum Gasteiger partial charge on any atom is -0.497 e. The van der Waals surface area contributed by atoms with Crippen LogP contribution in [0.3, 0.4) is 0 Å². The predicted molar refractivity (Wildman–Crippen MR) is 60.0 cm³/mol. The van der Waals surface area contributed by atoms with Gasteiger partial charge in [0.15, 0.2) is 0 Å². The molecule has 1 amide bonds. The van der Waals surface area contributed by atoms with Gasteiger partial charge in [-0.2, -0.15) is 0 Å². The molecule has 2 atom stereocenters. The lowest BCUT2D eigenvalue weighted by Crippen LogP contribution is -2.65. The Hall–Kier alpha value is -2.04. The Kier molecular flexibility index (Phi) is 2.99. The molecule has 1 aliphatic rings. The summed E-state index contributed by atoms with van der Waals surface area (Å²) in [6, 6.07) is 6.37. The van der Waals surface area contributed by atoms with E-state index in [4.69, 9.17) is 9.47 Å². The number of hydrogen-bond donors (Lipinski definition) is 0. The molecular formula is C12H13NO4. The molecule has 0 spiro atoms. The average Bonchev–Trinajstić information content (AvgIpc) is 2.38. The maximum absolute atomic E-state index is 11.5. The number of carbonyl (C=O) groups is 2. The highest BCUT2D eigenvalue weighted by atomic mass is 16.5. The van der Waals surface area contributed by atoms with E-state index in [1.807, 2.05) is 0 Å². The number of rotatable bonds is 4. The van der Waals surface area contributed by atoms with E-state index in [1.165, 1.54) is 4.90 Å². The van der Waals surface area contributed by atoms with Crippen molar-refractivity contribution >= 4 is 12.2 Å². The number of β-lactam (4-membered cyclic amide) rings is 1. The molecule has 1 saturated heterocycles. The van der Waals surface area contributed by atoms with Gasteiger partial charge in [-0.15, -0.1) is 0 Å². The molecule has 0 aromatic heterocycles. The number of amides is 1. The van der Waals surface area contributed by atoms with Gasteiger partial charge >= 0.3 is 0 Å². The molecule has 1 fully saturated rings. The fourth-order valence-electron chi connectivity index (χ4n) is 1.70. The average molecular weight is 235 g/mol. The number of likely N-dealkylation sites (tertiary alicyclic amines) is 1. The second-order valence-corrected chi connectivity index (χ2v) is 3.79. The SMILES string of the molecule is COc1ccc(O[C@H]2C(=O)N(C)[C@H]2C=O)cc1. The van der Waals surface area contributed by atoms with E-state index in [0.717, 1.165) is 6.29 Å². The van der Waals surface area contributed by atoms with Crippen LogP contribution in [0.4, 0.5) is 0 Å². The van der Waals surface area contributed by atoms with Crippen LogP contribution >= 0.6 is 0 Å². The molecular weight excluding hydrogens is 222 g/mol. The van der Waals surface area contributed by atoms with Crippen molar-refractivity contribution in [2.75, 3.05) is 14.2 Å². The summed E-state index contributed by atoms with van der Waals surface area (Å²) >= 11 is 0. The molecule has 1 heterocycles. The third-order valence-corrected chi connectivity index (χ3v) is 2.81. The van der Waals surface area contributed by atoms with Crippen LogP contribution in [0.25, 0.3) is 0 Å². The van der Waals surface area contributed by atoms with Gasteiger partial charge in [0.25, 0.3) is 5.91 Å². The first-order valence-electron chi connectivity index (χ1n) is 5.20. The van der Waals surface area contributed by atoms with Crippen molar-refractivity contribution in [1.29, 1.82) is 0 Å². The highest BCUT2D eigenvalue weighted by Crippen LogP contribution is 2.24. The third kappa shape index (κ3) is 1.95. The van der Waals surface area contributed by atoms with E-state index < -0.39 is 12.1 Å². The van der Waals surface area contributed by atoms with Gasteiger partial charge in [-0.3, -0.25) is 4.79 Å². The first-order chi connectivity index (χ1) is 8.17. The fourth-order valence-corrected chi connectivity index (χ4v) is 1.70. The smallest absolute Gasteiger partial charge is 0.266 e. The zero-order valence-electron chi connectivity index (χ0n) is 9.62. The Labute approximate surface area is 98.9 Å². The highest BCUT2D eigenvalue weighted by molar-refractivity contribution is 5.95. The summed E-state index contributed by atoms with van der Waals surface area (Å²) in [4.78, 5) is 23.6. The van der Waals surface area contributed by atoms with E-state index >= 15 is 0 Å². The molecule has 1 aromatic carbocycles. The highest BCUT2D eigenvalue weighted by Gasteiger charge is 2.47. The monoisotopic (exact) mass is 235 g/mol. The summed E-state index contributed by atoms with van der Waals surface area (Å²) in [6.45, 7) is 0. The Bertz CT molecular complexity index is 429. The van der Waals surface area contributed by atoms with E-state index in [-0.39, 0.29) is 5.91 Å². The lowest BCUT2D eigenvalue weighted by atomic mass is 10.0. The van der Waals surface area contributed by atoms with Crippen molar-refractivity contribution in [2.45, 2.75) is 12.1 Å². The van der Waals surface area contributed by atoms with Crippen LogP contribution in [-0.2, 0) is 9.59 Å². The lowest BCUT2D eigenvalue weighted by Gasteiger charge is -2.40. The maximum atomic E-state index is 11.5. The molecule has 2 rings (SSSR count). The van der Waals surface area contributed by atoms with Crippen molar-refractivity contribution in [1.82, 2.24) is 4.90 Å². The van der Waals surface area contributed by atoms with Gasteiger partial charge in [0, 0.05) is 7.05 Å². The van der Waals surface area contributed by atoms with Crippen LogP contribution in [0.15, 0.2) is 24.3 Å². The number of nitrogens with zero attached hydrogens (tertiary/aromatic N) is 1. The van der Waals surface area contributed by atoms with Gasteiger partial charge in [0.05, 0.1) is 7.11 Å². The molecule has 0 unspecified atom stereocenters. The molecule has 5 nitrogen and oxygen atoms in total. The van der Waals surface area contributed by atoms with Crippen LogP contribution in [-0.4, -0.2) is 43.4 Å². The van der Waals surface area contributed by atoms with Gasteiger partial charge in [0.1, 0.15) is 23.8 Å². The molecule has 0 radical (unpaired) electrons. The quantitative estimate of drug-likeness (QED) is 0.562. The maximum Gasteiger partial charge on any atom is 0.266 e. The number of carbonyl (C=O) groups excluding carboxylic acids is 2. The number of methoxy groups -OCH3 is 1. The Morgan fingerprint density at radius 2 is 1.82 bits per heavy atom. The van der Waals surface area contributed by atoms with Crippen LogP contribution in [0.2, 0.25) is 0 Å². The van der Waals surface area contributed by atoms with Crippen LogP contribution in [0.5, 0.6) is 11.5 Å². The van der Waals surface area contributed by atoms with Gasteiger partial charge in [-0.1, -0.05) is 0 Å². The van der Waals surface area contributed by atoms with E-state index in [0.29, 0.717) is 11.5 Å². The Morgan fingerprint density at radius 1 is 1.24 bits per heavy atom. The molecule has 0 N–H and O–H groups in total. The number of aldehydes is 1. The summed E-state index contributed by atoms with van der Waals surface area (Å²) < 4.78 is 10.5. The van der Waals surface area contributed by atoms with Crippen LogP contribution in [0, 0.1) is 0 Å². The molecule has 0 bridgehead atoms. The van der Waals surface area contributed by atoms with Crippen molar-refractivity contribution < 1.29 is 19.1 Å². The first kappa shape index (κ1) is 11.4. The summed E-state index contributed by atoms with van der Waals surface area (Å²) in [5.74, 6) is 1.07. The number of hydrogen-bond acceptors (Lipinski definition) is 4. The summed E-state index contributed by atoms with van der Waals surface area (Å²) in [5.41, 5.74) is 0. The molecule has 17 heavy (non-hydrogen) atoms. The van der Waals surface area contributed by atoms with Crippen molar-refractivity contribution in [2.24, 2.45) is 0 Å². The number of likely N-dealkylation sites (N-methyl/N-ethyl adjacent to an activating group) is 1. The van der Waals surface area contributed by atoms with E-state index in [1.54, 1.807) is 38.4 Å². The Balaban J connectivity index is 2.05. The Morgan fingerprint density at radius 3 is 2.35 bits per heavy atom. The summed E-state index contributed by atoms with van der Waals surface area (Å²) in [7, 11) is 3.15. The molecule has 0 saturated carbocycles. The number of ether oxygens (including phenoxy) is 2. The predicted octanol–water partition coefficient (Wildman–Crippen LogP) is 0.482. The van der Waals surface area contributed by atoms with Crippen molar-refractivity contribution in [3.05, 3.63) is 24.3 Å². The second kappa shape index (κ2) is 4.45. The first-order valence-corrected chi connectivity index (χ1v) is 5.20. The summed E-state index contributed by atoms with van der Waals surface area (Å²) in [5, 5.41) is 0. The van der Waals surface area contributed by atoms with Crippen molar-refractivity contribution in [3.8, 4) is 11.5 Å². The third-order valence-electron chi connectivity index (χ3n) is 2.81. The van der Waals surface area contributed by atoms with E-state index in [9.17, 15) is 9.59 Å². The molecule has 1 aromatic rings. The van der Waals surface area contributed by atoms with Gasteiger partial charge in [-0.25, -0.2) is 0 Å². The largest absolute Gasteiger partial charge is 0.497 e. The minimum absolute atomic E-state index is 0.182. The standard InChI is InChI=1S/C12H13NO4/c1-13-10(7-14)11(12(13)15)17-9-5-3-8(16-2)4-6-9/h3-7,10-11H,1-2H3/t10-,11+/m0/s1. The zero-order chi connectivity index (χ0) is 12.4. The normalized spacial score (nSPS) is 22.9. The van der Waals surface area contributed by atoms with Crippen LogP contribution < -0.4 is 9.47 Å². The fraction of sp³-hybridized carbons (Fsp3) is 0.333. The molecule has 5 heteroatoms. The molecule has 90 valence electrons. The topological polar surface area (TPSA) is 55.8 Å². The number of benzene rings is 1. The zero-order valence-corrected chi connectivity index (χ0v) is 9.62.